The van der Waals surface area contributed by atoms with E-state index in [0.29, 0.717) is 0 Å². The number of hydrogen-bond acceptors (Lipinski definition) is 3. The third kappa shape index (κ3) is 3.32. The van der Waals surface area contributed by atoms with Crippen LogP contribution in [0.15, 0.2) is 42.7 Å². The second-order valence-corrected chi connectivity index (χ2v) is 4.95. The fraction of sp³-hybridized carbons (Fsp3) is 0.312. The van der Waals surface area contributed by atoms with Crippen molar-refractivity contribution in [1.82, 2.24) is 4.98 Å². The molecular weight excluding hydrogens is 236 g/mol. The van der Waals surface area contributed by atoms with Crippen LogP contribution in [0.3, 0.4) is 0 Å². The van der Waals surface area contributed by atoms with E-state index in [1.807, 2.05) is 57.3 Å². The van der Waals surface area contributed by atoms with Crippen LogP contribution >= 0.6 is 0 Å². The van der Waals surface area contributed by atoms with Gasteiger partial charge in [-0.2, -0.15) is 0 Å². The van der Waals surface area contributed by atoms with E-state index >= 15 is 0 Å². The molecule has 3 nitrogen and oxygen atoms in total. The third-order valence-electron chi connectivity index (χ3n) is 3.03. The zero-order valence-corrected chi connectivity index (χ0v) is 11.6. The van der Waals surface area contributed by atoms with E-state index in [4.69, 9.17) is 10.5 Å². The average molecular weight is 256 g/mol. The van der Waals surface area contributed by atoms with Gasteiger partial charge in [-0.3, -0.25) is 4.98 Å². The van der Waals surface area contributed by atoms with Crippen LogP contribution in [0.2, 0.25) is 0 Å². The molecule has 0 radical (unpaired) electrons. The lowest BCUT2D eigenvalue weighted by atomic mass is 9.98. The summed E-state index contributed by atoms with van der Waals surface area (Å²) in [6.07, 6.45) is 3.80. The van der Waals surface area contributed by atoms with Gasteiger partial charge in [-0.05, 0) is 55.7 Å². The molecule has 1 unspecified atom stereocenters. The summed E-state index contributed by atoms with van der Waals surface area (Å²) in [5.41, 5.74) is 9.56. The van der Waals surface area contributed by atoms with Crippen LogP contribution in [0.25, 0.3) is 0 Å². The van der Waals surface area contributed by atoms with Crippen LogP contribution < -0.4 is 10.5 Å². The van der Waals surface area contributed by atoms with Crippen molar-refractivity contribution in [3.63, 3.8) is 0 Å². The Hall–Kier alpha value is -1.87. The van der Waals surface area contributed by atoms with Crippen molar-refractivity contribution in [2.75, 3.05) is 0 Å². The Morgan fingerprint density at radius 2 is 1.79 bits per heavy atom. The standard InChI is InChI=1S/C16H20N2O/c1-11(2)19-14-6-4-13(5-7-14)16(17)15-10-18-9-8-12(15)3/h4-11,16H,17H2,1-3H3. The molecule has 1 aromatic carbocycles. The highest BCUT2D eigenvalue weighted by Gasteiger charge is 2.11. The first-order valence-corrected chi connectivity index (χ1v) is 6.50. The van der Waals surface area contributed by atoms with Gasteiger partial charge in [0.15, 0.2) is 0 Å². The fourth-order valence-corrected chi connectivity index (χ4v) is 2.01. The summed E-state index contributed by atoms with van der Waals surface area (Å²) in [6, 6.07) is 9.76. The van der Waals surface area contributed by atoms with Crippen molar-refractivity contribution in [3.8, 4) is 5.75 Å². The molecule has 3 heteroatoms. The Morgan fingerprint density at radius 3 is 2.37 bits per heavy atom. The lowest BCUT2D eigenvalue weighted by Crippen LogP contribution is -2.13. The molecule has 0 aliphatic carbocycles. The minimum atomic E-state index is -0.151. The van der Waals surface area contributed by atoms with Crippen LogP contribution in [0.1, 0.15) is 36.6 Å². The molecule has 19 heavy (non-hydrogen) atoms. The first kappa shape index (κ1) is 13.6. The van der Waals surface area contributed by atoms with Crippen molar-refractivity contribution in [2.45, 2.75) is 32.9 Å². The number of nitrogens with zero attached hydrogens (tertiary/aromatic N) is 1. The number of ether oxygens (including phenoxy) is 1. The minimum Gasteiger partial charge on any atom is -0.491 e. The van der Waals surface area contributed by atoms with Gasteiger partial charge in [0.1, 0.15) is 5.75 Å². The van der Waals surface area contributed by atoms with Gasteiger partial charge in [0.25, 0.3) is 0 Å². The summed E-state index contributed by atoms with van der Waals surface area (Å²) >= 11 is 0. The van der Waals surface area contributed by atoms with Gasteiger partial charge in [-0.15, -0.1) is 0 Å². The number of pyridine rings is 1. The fourth-order valence-electron chi connectivity index (χ4n) is 2.01. The number of rotatable bonds is 4. The van der Waals surface area contributed by atoms with Gasteiger partial charge in [0.05, 0.1) is 12.1 Å². The van der Waals surface area contributed by atoms with Crippen molar-refractivity contribution in [3.05, 3.63) is 59.4 Å². The predicted octanol–water partition coefficient (Wildman–Crippen LogP) is 3.23. The van der Waals surface area contributed by atoms with E-state index in [2.05, 4.69) is 4.98 Å². The van der Waals surface area contributed by atoms with Crippen LogP contribution in [0.5, 0.6) is 5.75 Å². The normalized spacial score (nSPS) is 12.5. The van der Waals surface area contributed by atoms with Gasteiger partial charge in [-0.25, -0.2) is 0 Å². The lowest BCUT2D eigenvalue weighted by molar-refractivity contribution is 0.242. The predicted molar refractivity (Wildman–Crippen MR) is 77.2 cm³/mol. The zero-order chi connectivity index (χ0) is 13.8. The molecule has 0 saturated heterocycles. The average Bonchev–Trinajstić information content (AvgIpc) is 2.39. The quantitative estimate of drug-likeness (QED) is 0.913. The Labute approximate surface area is 114 Å². The van der Waals surface area contributed by atoms with Gasteiger partial charge in [-0.1, -0.05) is 12.1 Å². The molecular formula is C16H20N2O. The SMILES string of the molecule is Cc1ccncc1C(N)c1ccc(OC(C)C)cc1. The molecule has 100 valence electrons. The van der Waals surface area contributed by atoms with E-state index < -0.39 is 0 Å². The molecule has 1 atom stereocenters. The maximum atomic E-state index is 6.29. The maximum Gasteiger partial charge on any atom is 0.119 e. The number of benzene rings is 1. The number of aryl methyl sites for hydroxylation is 1. The molecule has 2 rings (SSSR count). The second kappa shape index (κ2) is 5.85. The van der Waals surface area contributed by atoms with E-state index in [-0.39, 0.29) is 12.1 Å². The van der Waals surface area contributed by atoms with Gasteiger partial charge in [0.2, 0.25) is 0 Å². The highest BCUT2D eigenvalue weighted by molar-refractivity contribution is 5.37. The first-order valence-electron chi connectivity index (χ1n) is 6.50. The Bertz CT molecular complexity index is 535. The third-order valence-corrected chi connectivity index (χ3v) is 3.03. The summed E-state index contributed by atoms with van der Waals surface area (Å²) in [7, 11) is 0. The Balaban J connectivity index is 2.20. The van der Waals surface area contributed by atoms with Crippen LogP contribution in [0.4, 0.5) is 0 Å². The van der Waals surface area contributed by atoms with E-state index in [9.17, 15) is 0 Å². The van der Waals surface area contributed by atoms with Gasteiger partial charge in [0, 0.05) is 12.4 Å². The van der Waals surface area contributed by atoms with Crippen LogP contribution in [-0.4, -0.2) is 11.1 Å². The van der Waals surface area contributed by atoms with Crippen molar-refractivity contribution in [1.29, 1.82) is 0 Å². The molecule has 0 fully saturated rings. The molecule has 0 bridgehead atoms. The molecule has 2 aromatic rings. The lowest BCUT2D eigenvalue weighted by Gasteiger charge is -2.16. The largest absolute Gasteiger partial charge is 0.491 e. The molecule has 1 heterocycles. The highest BCUT2D eigenvalue weighted by atomic mass is 16.5. The Kier molecular flexibility index (Phi) is 4.17. The van der Waals surface area contributed by atoms with E-state index in [0.717, 1.165) is 22.4 Å². The molecule has 0 saturated carbocycles. The summed E-state index contributed by atoms with van der Waals surface area (Å²) in [5, 5.41) is 0. The monoisotopic (exact) mass is 256 g/mol. The van der Waals surface area contributed by atoms with E-state index in [1.54, 1.807) is 6.20 Å². The molecule has 0 aliphatic rings. The van der Waals surface area contributed by atoms with Gasteiger partial charge >= 0.3 is 0 Å². The molecule has 0 aliphatic heterocycles. The molecule has 0 amide bonds. The second-order valence-electron chi connectivity index (χ2n) is 4.95. The van der Waals surface area contributed by atoms with Crippen molar-refractivity contribution < 1.29 is 4.74 Å². The molecule has 2 N–H and O–H groups in total. The highest BCUT2D eigenvalue weighted by Crippen LogP contribution is 2.24. The summed E-state index contributed by atoms with van der Waals surface area (Å²) in [4.78, 5) is 4.14. The van der Waals surface area contributed by atoms with Gasteiger partial charge < -0.3 is 10.5 Å². The number of nitrogens with two attached hydrogens (primary N) is 1. The number of aromatic nitrogens is 1. The summed E-state index contributed by atoms with van der Waals surface area (Å²) < 4.78 is 5.63. The topological polar surface area (TPSA) is 48.1 Å². The van der Waals surface area contributed by atoms with Crippen LogP contribution in [-0.2, 0) is 0 Å². The maximum absolute atomic E-state index is 6.29. The zero-order valence-electron chi connectivity index (χ0n) is 11.6. The number of hydrogen-bond donors (Lipinski definition) is 1. The summed E-state index contributed by atoms with van der Waals surface area (Å²) in [5.74, 6) is 0.869. The van der Waals surface area contributed by atoms with Crippen molar-refractivity contribution in [2.24, 2.45) is 5.73 Å². The van der Waals surface area contributed by atoms with Crippen LogP contribution in [0, 0.1) is 6.92 Å². The first-order chi connectivity index (χ1) is 9.08. The van der Waals surface area contributed by atoms with Crippen molar-refractivity contribution >= 4 is 0 Å². The Morgan fingerprint density at radius 1 is 1.11 bits per heavy atom. The van der Waals surface area contributed by atoms with E-state index in [1.165, 1.54) is 0 Å². The minimum absolute atomic E-state index is 0.151. The molecule has 1 aromatic heterocycles. The smallest absolute Gasteiger partial charge is 0.119 e. The molecule has 0 spiro atoms. The summed E-state index contributed by atoms with van der Waals surface area (Å²) in [6.45, 7) is 6.07.